The summed E-state index contributed by atoms with van der Waals surface area (Å²) in [6.45, 7) is 4.86. The Balaban J connectivity index is 2.16. The summed E-state index contributed by atoms with van der Waals surface area (Å²) in [7, 11) is 0. The molecule has 1 aliphatic carbocycles. The number of ether oxygens (including phenoxy) is 2. The number of hydrogen-bond donors (Lipinski definition) is 0. The van der Waals surface area contributed by atoms with Gasteiger partial charge in [-0.25, -0.2) is 4.79 Å². The Labute approximate surface area is 98.3 Å². The molecule has 1 saturated carbocycles. The van der Waals surface area contributed by atoms with E-state index in [2.05, 4.69) is 0 Å². The van der Waals surface area contributed by atoms with Crippen LogP contribution >= 0.6 is 0 Å². The zero-order valence-corrected chi connectivity index (χ0v) is 10.1. The smallest absolute Gasteiger partial charge is 0.392 e. The second-order valence-corrected chi connectivity index (χ2v) is 5.23. The summed E-state index contributed by atoms with van der Waals surface area (Å²) in [6.07, 6.45) is -4.75. The Bertz CT molecular complexity index is 275. The number of rotatable bonds is 3. The van der Waals surface area contributed by atoms with E-state index in [0.717, 1.165) is 0 Å². The minimum atomic E-state index is -4.15. The van der Waals surface area contributed by atoms with Crippen LogP contribution in [0.2, 0.25) is 0 Å². The molecule has 0 aromatic heterocycles. The molecule has 0 N–H and O–H groups in total. The predicted molar refractivity (Wildman–Crippen MR) is 54.4 cm³/mol. The van der Waals surface area contributed by atoms with Gasteiger partial charge in [-0.1, -0.05) is 0 Å². The molecule has 0 saturated heterocycles. The molecule has 0 amide bonds. The van der Waals surface area contributed by atoms with E-state index in [1.54, 1.807) is 20.8 Å². The van der Waals surface area contributed by atoms with E-state index >= 15 is 0 Å². The van der Waals surface area contributed by atoms with E-state index in [1.807, 2.05) is 0 Å². The highest BCUT2D eigenvalue weighted by atomic mass is 19.4. The molecule has 1 rings (SSSR count). The van der Waals surface area contributed by atoms with Gasteiger partial charge in [0.1, 0.15) is 12.2 Å². The van der Waals surface area contributed by atoms with Gasteiger partial charge < -0.3 is 9.47 Å². The molecule has 0 spiro atoms. The molecule has 100 valence electrons. The van der Waals surface area contributed by atoms with Gasteiger partial charge in [-0.2, -0.15) is 13.2 Å². The van der Waals surface area contributed by atoms with E-state index in [-0.39, 0.29) is 19.4 Å². The number of hydrogen-bond acceptors (Lipinski definition) is 3. The maximum atomic E-state index is 12.1. The van der Waals surface area contributed by atoms with Crippen molar-refractivity contribution in [3.05, 3.63) is 0 Å². The van der Waals surface area contributed by atoms with Crippen LogP contribution in [0.3, 0.4) is 0 Å². The van der Waals surface area contributed by atoms with Gasteiger partial charge in [-0.05, 0) is 33.6 Å². The minimum absolute atomic E-state index is 0.0632. The van der Waals surface area contributed by atoms with Crippen molar-refractivity contribution in [2.75, 3.05) is 6.61 Å². The molecule has 0 aromatic rings. The molecule has 0 aromatic carbocycles. The van der Waals surface area contributed by atoms with Gasteiger partial charge in [0.25, 0.3) is 0 Å². The normalized spacial score (nSPS) is 25.3. The predicted octanol–water partition coefficient (Wildman–Crippen LogP) is 2.69. The Hall–Kier alpha value is -0.780. The third kappa shape index (κ3) is 4.93. The van der Waals surface area contributed by atoms with Crippen LogP contribution in [0.15, 0.2) is 0 Å². The van der Waals surface area contributed by atoms with Gasteiger partial charge in [-0.15, -0.1) is 0 Å². The van der Waals surface area contributed by atoms with Gasteiger partial charge in [0.15, 0.2) is 0 Å². The minimum Gasteiger partial charge on any atom is -0.458 e. The molecule has 0 heterocycles. The van der Waals surface area contributed by atoms with Crippen molar-refractivity contribution in [2.24, 2.45) is 5.92 Å². The van der Waals surface area contributed by atoms with Crippen LogP contribution in [0.1, 0.15) is 33.6 Å². The van der Waals surface area contributed by atoms with Crippen LogP contribution in [0.5, 0.6) is 0 Å². The number of halogens is 3. The zero-order valence-electron chi connectivity index (χ0n) is 10.1. The Kier molecular flexibility index (Phi) is 4.06. The maximum Gasteiger partial charge on any atom is 0.392 e. The summed E-state index contributed by atoms with van der Waals surface area (Å²) in [4.78, 5) is 11.2. The molecule has 0 unspecified atom stereocenters. The van der Waals surface area contributed by atoms with E-state index in [4.69, 9.17) is 9.47 Å². The Morgan fingerprint density at radius 3 is 2.18 bits per heavy atom. The zero-order chi connectivity index (χ0) is 13.3. The fourth-order valence-electron chi connectivity index (χ4n) is 1.53. The first-order valence-electron chi connectivity index (χ1n) is 5.48. The summed E-state index contributed by atoms with van der Waals surface area (Å²) < 4.78 is 46.4. The maximum absolute atomic E-state index is 12.1. The van der Waals surface area contributed by atoms with Crippen molar-refractivity contribution >= 4 is 5.97 Å². The van der Waals surface area contributed by atoms with E-state index < -0.39 is 29.8 Å². The molecule has 3 nitrogen and oxygen atoms in total. The van der Waals surface area contributed by atoms with Crippen LogP contribution in [0.25, 0.3) is 0 Å². The quantitative estimate of drug-likeness (QED) is 0.726. The molecular formula is C11H17F3O3. The molecular weight excluding hydrogens is 237 g/mol. The van der Waals surface area contributed by atoms with Crippen LogP contribution in [-0.4, -0.2) is 30.5 Å². The van der Waals surface area contributed by atoms with Crippen molar-refractivity contribution < 1.29 is 27.4 Å². The number of carbonyl (C=O) groups excluding carboxylic acids is 1. The standard InChI is InChI=1S/C11H17F3O3/c1-10(2,3)17-9(15)6-16-8-4-7(5-8)11(12,13)14/h7-8H,4-6H2,1-3H3. The van der Waals surface area contributed by atoms with Crippen LogP contribution in [0.4, 0.5) is 13.2 Å². The first-order valence-corrected chi connectivity index (χ1v) is 5.48. The number of carbonyl (C=O) groups is 1. The van der Waals surface area contributed by atoms with Crippen molar-refractivity contribution in [1.82, 2.24) is 0 Å². The van der Waals surface area contributed by atoms with Crippen LogP contribution in [0, 0.1) is 5.92 Å². The van der Waals surface area contributed by atoms with Gasteiger partial charge in [-0.3, -0.25) is 0 Å². The first-order chi connectivity index (χ1) is 7.58. The Morgan fingerprint density at radius 1 is 1.24 bits per heavy atom. The summed E-state index contributed by atoms with van der Waals surface area (Å²) >= 11 is 0. The van der Waals surface area contributed by atoms with Crippen molar-refractivity contribution in [1.29, 1.82) is 0 Å². The van der Waals surface area contributed by atoms with E-state index in [9.17, 15) is 18.0 Å². The highest BCUT2D eigenvalue weighted by Gasteiger charge is 2.48. The van der Waals surface area contributed by atoms with Crippen molar-refractivity contribution in [3.63, 3.8) is 0 Å². The largest absolute Gasteiger partial charge is 0.458 e. The summed E-state index contributed by atoms with van der Waals surface area (Å²) in [5.74, 6) is -1.83. The van der Waals surface area contributed by atoms with Crippen LogP contribution < -0.4 is 0 Å². The topological polar surface area (TPSA) is 35.5 Å². The molecule has 0 atom stereocenters. The second kappa shape index (κ2) is 4.84. The lowest BCUT2D eigenvalue weighted by Crippen LogP contribution is -2.41. The molecule has 0 aliphatic heterocycles. The number of alkyl halides is 3. The highest BCUT2D eigenvalue weighted by molar-refractivity contribution is 5.71. The van der Waals surface area contributed by atoms with Gasteiger partial charge in [0, 0.05) is 0 Å². The average Bonchev–Trinajstić information content (AvgIpc) is 1.93. The second-order valence-electron chi connectivity index (χ2n) is 5.23. The van der Waals surface area contributed by atoms with Crippen LogP contribution in [-0.2, 0) is 14.3 Å². The lowest BCUT2D eigenvalue weighted by Gasteiger charge is -2.36. The Morgan fingerprint density at radius 2 is 1.76 bits per heavy atom. The molecule has 6 heteroatoms. The fourth-order valence-corrected chi connectivity index (χ4v) is 1.53. The summed E-state index contributed by atoms with van der Waals surface area (Å²) in [6, 6.07) is 0. The molecule has 0 bridgehead atoms. The SMILES string of the molecule is CC(C)(C)OC(=O)COC1CC(C(F)(F)F)C1. The molecule has 1 fully saturated rings. The fraction of sp³-hybridized carbons (Fsp3) is 0.909. The van der Waals surface area contributed by atoms with E-state index in [0.29, 0.717) is 0 Å². The monoisotopic (exact) mass is 254 g/mol. The summed E-state index contributed by atoms with van der Waals surface area (Å²) in [5, 5.41) is 0. The third-order valence-electron chi connectivity index (χ3n) is 2.41. The first kappa shape index (κ1) is 14.3. The van der Waals surface area contributed by atoms with E-state index in [1.165, 1.54) is 0 Å². The van der Waals surface area contributed by atoms with Gasteiger partial charge >= 0.3 is 12.1 Å². The molecule has 0 radical (unpaired) electrons. The third-order valence-corrected chi connectivity index (χ3v) is 2.41. The number of esters is 1. The van der Waals surface area contributed by atoms with Gasteiger partial charge in [0.2, 0.25) is 0 Å². The summed E-state index contributed by atoms with van der Waals surface area (Å²) in [5.41, 5.74) is -0.603. The van der Waals surface area contributed by atoms with Crippen molar-refractivity contribution in [2.45, 2.75) is 51.5 Å². The lowest BCUT2D eigenvalue weighted by molar-refractivity contribution is -0.221. The highest BCUT2D eigenvalue weighted by Crippen LogP contribution is 2.42. The van der Waals surface area contributed by atoms with Crippen molar-refractivity contribution in [3.8, 4) is 0 Å². The lowest BCUT2D eigenvalue weighted by atomic mass is 9.82. The molecule has 1 aliphatic rings. The average molecular weight is 254 g/mol. The van der Waals surface area contributed by atoms with Gasteiger partial charge in [0.05, 0.1) is 12.0 Å². The molecule has 17 heavy (non-hydrogen) atoms.